The first-order valence-electron chi connectivity index (χ1n) is 10.3. The van der Waals surface area contributed by atoms with Crippen LogP contribution in [0, 0.1) is 17.2 Å². The number of nitrogens with zero attached hydrogens (tertiary/aromatic N) is 3. The van der Waals surface area contributed by atoms with Crippen LogP contribution in [0.3, 0.4) is 0 Å². The van der Waals surface area contributed by atoms with Gasteiger partial charge in [0.25, 0.3) is 0 Å². The Bertz CT molecular complexity index is 982. The van der Waals surface area contributed by atoms with Gasteiger partial charge in [0.15, 0.2) is 0 Å². The summed E-state index contributed by atoms with van der Waals surface area (Å²) in [7, 11) is 1.91. The van der Waals surface area contributed by atoms with Crippen molar-refractivity contribution in [3.05, 3.63) is 30.0 Å². The van der Waals surface area contributed by atoms with Crippen LogP contribution in [-0.2, 0) is 8.98 Å². The van der Waals surface area contributed by atoms with Crippen molar-refractivity contribution in [1.29, 1.82) is 5.26 Å². The van der Waals surface area contributed by atoms with E-state index >= 15 is 0 Å². The fourth-order valence-electron chi connectivity index (χ4n) is 3.62. The molecule has 1 atom stereocenters. The molecule has 2 aromatic heterocycles. The fraction of sp³-hybridized carbons (Fsp3) is 0.476. The highest BCUT2D eigenvalue weighted by Crippen LogP contribution is 2.34. The van der Waals surface area contributed by atoms with Crippen LogP contribution in [0.4, 0.5) is 5.82 Å². The van der Waals surface area contributed by atoms with Gasteiger partial charge in [-0.15, -0.1) is 0 Å². The van der Waals surface area contributed by atoms with E-state index in [2.05, 4.69) is 32.9 Å². The van der Waals surface area contributed by atoms with Gasteiger partial charge in [0.2, 0.25) is 5.91 Å². The van der Waals surface area contributed by atoms with Gasteiger partial charge in [-0.1, -0.05) is 6.08 Å². The smallest absolute Gasteiger partial charge is 0.228 e. The van der Waals surface area contributed by atoms with Crippen LogP contribution in [0.1, 0.15) is 44.1 Å². The first-order chi connectivity index (χ1) is 14.6. The van der Waals surface area contributed by atoms with E-state index in [4.69, 9.17) is 9.44 Å². The zero-order chi connectivity index (χ0) is 20.9. The van der Waals surface area contributed by atoms with Gasteiger partial charge in [0.05, 0.1) is 31.3 Å². The predicted octanol–water partition coefficient (Wildman–Crippen LogP) is 3.89. The van der Waals surface area contributed by atoms with Crippen molar-refractivity contribution in [3.63, 3.8) is 0 Å². The summed E-state index contributed by atoms with van der Waals surface area (Å²) in [6, 6.07) is 6.43. The summed E-state index contributed by atoms with van der Waals surface area (Å²) in [5.74, 6) is 0.830. The zero-order valence-corrected chi connectivity index (χ0v) is 19.3. The molecular weight excluding hydrogens is 432 g/mol. The highest BCUT2D eigenvalue weighted by molar-refractivity contribution is 7.92. The van der Waals surface area contributed by atoms with E-state index in [0.29, 0.717) is 24.9 Å². The summed E-state index contributed by atoms with van der Waals surface area (Å²) >= 11 is 1.22. The van der Waals surface area contributed by atoms with Crippen molar-refractivity contribution in [3.8, 4) is 6.07 Å². The molecule has 1 unspecified atom stereocenters. The van der Waals surface area contributed by atoms with Gasteiger partial charge in [0, 0.05) is 30.6 Å². The molecular formula is C21H28N6O2S2. The normalized spacial score (nSPS) is 18.4. The quantitative estimate of drug-likeness (QED) is 0.226. The average Bonchev–Trinajstić information content (AvgIpc) is 3.49. The maximum Gasteiger partial charge on any atom is 0.228 e. The number of nitrogens with one attached hydrogen (secondary N) is 3. The molecule has 0 bridgehead atoms. The standard InChI is InChI=1S/C21H26N6O2S.H2S/c1-27(30-29-12-2-10-22)26-16-7-5-14(6-8-16)18-13-19(25-21(28)15-3-4-15)24-20-17(18)9-11-23-20;/h5,9,11,13,15-16,26H,2-4,6-8,12H2,1H3,(H2,23,24,25,28);1H2. The first kappa shape index (κ1) is 23.6. The van der Waals surface area contributed by atoms with Crippen LogP contribution in [0.5, 0.6) is 0 Å². The molecule has 0 spiro atoms. The SMILES string of the molecule is CN(NC1CC=C(c2cc(NC(=O)C3CC3)nc3[nH]ccc23)CC1)SOCCC#N.S. The number of fused-ring (bicyclic) bond motifs is 1. The van der Waals surface area contributed by atoms with E-state index in [-0.39, 0.29) is 25.3 Å². The van der Waals surface area contributed by atoms with E-state index in [1.54, 1.807) is 0 Å². The number of nitriles is 1. The van der Waals surface area contributed by atoms with Crippen molar-refractivity contribution in [1.82, 2.24) is 19.8 Å². The Morgan fingerprint density at radius 2 is 2.29 bits per heavy atom. The molecule has 1 fully saturated rings. The topological polar surface area (TPSA) is 106 Å². The summed E-state index contributed by atoms with van der Waals surface area (Å²) in [6.45, 7) is 0.413. The molecule has 0 saturated heterocycles. The Labute approximate surface area is 193 Å². The predicted molar refractivity (Wildman–Crippen MR) is 128 cm³/mol. The Kier molecular flexibility index (Phi) is 8.40. The molecule has 2 aliphatic rings. The molecule has 2 heterocycles. The summed E-state index contributed by atoms with van der Waals surface area (Å²) in [4.78, 5) is 19.9. The van der Waals surface area contributed by atoms with Gasteiger partial charge in [-0.05, 0) is 55.4 Å². The van der Waals surface area contributed by atoms with E-state index in [0.717, 1.165) is 48.7 Å². The minimum absolute atomic E-state index is 0. The van der Waals surface area contributed by atoms with Gasteiger partial charge in [-0.2, -0.15) is 23.2 Å². The van der Waals surface area contributed by atoms with Gasteiger partial charge in [0.1, 0.15) is 11.5 Å². The lowest BCUT2D eigenvalue weighted by Crippen LogP contribution is -2.39. The molecule has 8 nitrogen and oxygen atoms in total. The molecule has 0 aliphatic heterocycles. The molecule has 3 N–H and O–H groups in total. The van der Waals surface area contributed by atoms with E-state index in [1.807, 2.05) is 29.8 Å². The summed E-state index contributed by atoms with van der Waals surface area (Å²) in [6.07, 6.45) is 9.32. The number of amides is 1. The van der Waals surface area contributed by atoms with Crippen molar-refractivity contribution in [2.24, 2.45) is 5.92 Å². The van der Waals surface area contributed by atoms with E-state index < -0.39 is 0 Å². The minimum Gasteiger partial charge on any atom is -0.346 e. The number of rotatable bonds is 9. The lowest BCUT2D eigenvalue weighted by molar-refractivity contribution is -0.117. The highest BCUT2D eigenvalue weighted by Gasteiger charge is 2.30. The Balaban J connectivity index is 0.00000272. The molecule has 1 saturated carbocycles. The summed E-state index contributed by atoms with van der Waals surface area (Å²) in [5, 5.41) is 12.6. The second-order valence-corrected chi connectivity index (χ2v) is 8.62. The number of carbonyl (C=O) groups excluding carboxylic acids is 1. The third-order valence-electron chi connectivity index (χ3n) is 5.31. The van der Waals surface area contributed by atoms with Crippen molar-refractivity contribution in [2.45, 2.75) is 44.6 Å². The Morgan fingerprint density at radius 3 is 3.00 bits per heavy atom. The number of aromatic amines is 1. The summed E-state index contributed by atoms with van der Waals surface area (Å²) < 4.78 is 7.22. The van der Waals surface area contributed by atoms with Crippen molar-refractivity contribution in [2.75, 3.05) is 19.0 Å². The van der Waals surface area contributed by atoms with Gasteiger partial charge in [-0.25, -0.2) is 10.4 Å². The number of aromatic nitrogens is 2. The van der Waals surface area contributed by atoms with Gasteiger partial charge in [-0.3, -0.25) is 8.98 Å². The Morgan fingerprint density at radius 1 is 1.45 bits per heavy atom. The Hall–Kier alpha value is -2.03. The molecule has 2 aromatic rings. The van der Waals surface area contributed by atoms with Crippen molar-refractivity contribution < 1.29 is 8.98 Å². The van der Waals surface area contributed by atoms with Gasteiger partial charge < -0.3 is 10.3 Å². The second-order valence-electron chi connectivity index (χ2n) is 7.69. The maximum atomic E-state index is 12.2. The van der Waals surface area contributed by atoms with Crippen LogP contribution in [0.15, 0.2) is 24.4 Å². The number of anilines is 1. The monoisotopic (exact) mass is 460 g/mol. The van der Waals surface area contributed by atoms with E-state index in [1.165, 1.54) is 17.8 Å². The second kappa shape index (κ2) is 11.0. The zero-order valence-electron chi connectivity index (χ0n) is 17.5. The largest absolute Gasteiger partial charge is 0.346 e. The van der Waals surface area contributed by atoms with Crippen LogP contribution in [0.2, 0.25) is 0 Å². The van der Waals surface area contributed by atoms with Crippen LogP contribution in [-0.4, -0.2) is 40.0 Å². The number of carbonyl (C=O) groups is 1. The molecule has 2 aliphatic carbocycles. The average molecular weight is 461 g/mol. The molecule has 166 valence electrons. The third-order valence-corrected chi connectivity index (χ3v) is 5.91. The van der Waals surface area contributed by atoms with Crippen LogP contribution >= 0.6 is 25.7 Å². The molecule has 0 aromatic carbocycles. The molecule has 10 heteroatoms. The maximum absolute atomic E-state index is 12.2. The molecule has 31 heavy (non-hydrogen) atoms. The third kappa shape index (κ3) is 6.24. The number of hydrogen-bond donors (Lipinski definition) is 3. The van der Waals surface area contributed by atoms with Crippen molar-refractivity contribution >= 4 is 54.1 Å². The van der Waals surface area contributed by atoms with Crippen LogP contribution in [0.25, 0.3) is 16.6 Å². The highest BCUT2D eigenvalue weighted by atomic mass is 32.2. The van der Waals surface area contributed by atoms with E-state index in [9.17, 15) is 4.79 Å². The number of allylic oxidation sites excluding steroid dienone is 1. The molecule has 0 radical (unpaired) electrons. The van der Waals surface area contributed by atoms with Gasteiger partial charge >= 0.3 is 0 Å². The molecule has 4 rings (SSSR count). The number of pyridine rings is 1. The number of hydrazine groups is 1. The minimum atomic E-state index is 0. The van der Waals surface area contributed by atoms with Crippen LogP contribution < -0.4 is 10.7 Å². The molecule has 1 amide bonds. The lowest BCUT2D eigenvalue weighted by atomic mass is 9.90. The first-order valence-corrected chi connectivity index (χ1v) is 11.0. The number of hydrogen-bond acceptors (Lipinski definition) is 7. The fourth-order valence-corrected chi connectivity index (χ4v) is 4.13. The number of H-pyrrole nitrogens is 1. The summed E-state index contributed by atoms with van der Waals surface area (Å²) in [5.41, 5.74) is 6.63. The lowest BCUT2D eigenvalue weighted by Gasteiger charge is -2.27.